The van der Waals surface area contributed by atoms with Gasteiger partial charge in [0.05, 0.1) is 23.8 Å². The number of hydrogen-bond acceptors (Lipinski definition) is 4. The van der Waals surface area contributed by atoms with Gasteiger partial charge in [-0.3, -0.25) is 4.72 Å². The van der Waals surface area contributed by atoms with Gasteiger partial charge in [-0.1, -0.05) is 0 Å². The van der Waals surface area contributed by atoms with Crippen LogP contribution in [-0.4, -0.2) is 21.6 Å². The number of nitrogens with one attached hydrogen (secondary N) is 1. The Labute approximate surface area is 133 Å². The van der Waals surface area contributed by atoms with Crippen LogP contribution < -0.4 is 14.2 Å². The van der Waals surface area contributed by atoms with E-state index in [9.17, 15) is 12.8 Å². The van der Waals surface area contributed by atoms with Crippen molar-refractivity contribution in [1.82, 2.24) is 0 Å². The van der Waals surface area contributed by atoms with E-state index in [0.717, 1.165) is 29.7 Å². The van der Waals surface area contributed by atoms with E-state index in [1.165, 1.54) is 12.1 Å². The molecule has 120 valence electrons. The first kappa shape index (κ1) is 14.3. The summed E-state index contributed by atoms with van der Waals surface area (Å²) in [5.74, 6) is 0.785. The molecule has 2 aliphatic heterocycles. The van der Waals surface area contributed by atoms with Crippen LogP contribution >= 0.6 is 0 Å². The molecule has 0 bridgehead atoms. The summed E-state index contributed by atoms with van der Waals surface area (Å²) in [6.07, 6.45) is 1.34. The fraction of sp³-hybridized carbons (Fsp3) is 0.250. The van der Waals surface area contributed by atoms with Crippen molar-refractivity contribution in [2.45, 2.75) is 17.7 Å². The zero-order valence-electron chi connectivity index (χ0n) is 12.1. The second-order valence-corrected chi connectivity index (χ2v) is 7.16. The highest BCUT2D eigenvalue weighted by atomic mass is 32.2. The summed E-state index contributed by atoms with van der Waals surface area (Å²) in [6, 6.07) is 6.62. The van der Waals surface area contributed by atoms with Crippen molar-refractivity contribution in [2.75, 3.05) is 17.9 Å². The third-order valence-corrected chi connectivity index (χ3v) is 5.38. The zero-order chi connectivity index (χ0) is 16.0. The van der Waals surface area contributed by atoms with E-state index < -0.39 is 15.8 Å². The molecule has 2 heterocycles. The molecule has 0 amide bonds. The highest BCUT2D eigenvalue weighted by molar-refractivity contribution is 7.92. The lowest BCUT2D eigenvalue weighted by Gasteiger charge is -2.15. The molecule has 7 heteroatoms. The Balaban J connectivity index is 1.79. The molecule has 0 aromatic heterocycles. The minimum absolute atomic E-state index is 0.00200. The second kappa shape index (κ2) is 5.13. The zero-order valence-corrected chi connectivity index (χ0v) is 13.0. The van der Waals surface area contributed by atoms with Gasteiger partial charge in [-0.05, 0) is 30.3 Å². The number of hydrogen-bond donors (Lipinski definition) is 1. The van der Waals surface area contributed by atoms with Crippen molar-refractivity contribution in [1.29, 1.82) is 0 Å². The summed E-state index contributed by atoms with van der Waals surface area (Å²) >= 11 is 0. The van der Waals surface area contributed by atoms with Crippen molar-refractivity contribution in [2.24, 2.45) is 0 Å². The highest BCUT2D eigenvalue weighted by Gasteiger charge is 2.29. The van der Waals surface area contributed by atoms with Crippen LogP contribution in [0, 0.1) is 5.82 Å². The number of sulfonamides is 1. The summed E-state index contributed by atoms with van der Waals surface area (Å²) in [5.41, 5.74) is 2.18. The molecule has 0 saturated carbocycles. The lowest BCUT2D eigenvalue weighted by atomic mass is 10.0. The Morgan fingerprint density at radius 3 is 2.57 bits per heavy atom. The van der Waals surface area contributed by atoms with E-state index in [1.54, 1.807) is 0 Å². The minimum atomic E-state index is -3.83. The number of halogens is 1. The Kier molecular flexibility index (Phi) is 3.19. The summed E-state index contributed by atoms with van der Waals surface area (Å²) in [5, 5.41) is 0. The summed E-state index contributed by atoms with van der Waals surface area (Å²) < 4.78 is 51.9. The fourth-order valence-electron chi connectivity index (χ4n) is 2.90. The molecule has 5 nitrogen and oxygen atoms in total. The maximum absolute atomic E-state index is 13.0. The van der Waals surface area contributed by atoms with Gasteiger partial charge in [0.2, 0.25) is 0 Å². The smallest absolute Gasteiger partial charge is 0.262 e. The average Bonchev–Trinajstić information content (AvgIpc) is 3.16. The largest absolute Gasteiger partial charge is 0.493 e. The molecular formula is C16H14FNO4S. The van der Waals surface area contributed by atoms with Gasteiger partial charge in [-0.2, -0.15) is 0 Å². The second-order valence-electron chi connectivity index (χ2n) is 5.47. The van der Waals surface area contributed by atoms with Gasteiger partial charge in [0.15, 0.2) is 0 Å². The molecule has 2 aliphatic rings. The van der Waals surface area contributed by atoms with Crippen LogP contribution in [0.3, 0.4) is 0 Å². The molecule has 0 aliphatic carbocycles. The first-order valence-electron chi connectivity index (χ1n) is 7.27. The molecule has 0 radical (unpaired) electrons. The summed E-state index contributed by atoms with van der Waals surface area (Å²) in [4.78, 5) is 0.00200. The number of benzene rings is 2. The van der Waals surface area contributed by atoms with Gasteiger partial charge in [-0.25, -0.2) is 12.8 Å². The van der Waals surface area contributed by atoms with E-state index in [0.29, 0.717) is 36.8 Å². The average molecular weight is 335 g/mol. The molecule has 0 saturated heterocycles. The number of anilines is 1. The van der Waals surface area contributed by atoms with Crippen LogP contribution in [0.1, 0.15) is 11.1 Å². The monoisotopic (exact) mass is 335 g/mol. The third-order valence-electron chi connectivity index (χ3n) is 4.01. The normalized spacial score (nSPS) is 15.5. The lowest BCUT2D eigenvalue weighted by molar-refractivity contribution is 0.356. The lowest BCUT2D eigenvalue weighted by Crippen LogP contribution is -2.15. The first-order chi connectivity index (χ1) is 11.0. The van der Waals surface area contributed by atoms with Crippen molar-refractivity contribution < 1.29 is 22.3 Å². The van der Waals surface area contributed by atoms with Crippen molar-refractivity contribution >= 4 is 15.7 Å². The topological polar surface area (TPSA) is 64.6 Å². The maximum atomic E-state index is 13.0. The van der Waals surface area contributed by atoms with E-state index in [2.05, 4.69) is 4.72 Å². The standard InChI is InChI=1S/C16H14FNO4S/c17-11-1-3-12(4-2-11)23(19,20)18-15-13-6-8-21-14(13)9-10-5-7-22-16(10)15/h1-4,9,18H,5-8H2. The Morgan fingerprint density at radius 1 is 1.04 bits per heavy atom. The third kappa shape index (κ3) is 2.41. The number of fused-ring (bicyclic) bond motifs is 2. The van der Waals surface area contributed by atoms with Gasteiger partial charge in [0.1, 0.15) is 17.3 Å². The SMILES string of the molecule is O=S(=O)(Nc1c2c(cc3c1OCC3)OCC2)c1ccc(F)cc1. The predicted octanol–water partition coefficient (Wildman–Crippen LogP) is 2.50. The molecule has 4 rings (SSSR count). The molecule has 0 spiro atoms. The first-order valence-corrected chi connectivity index (χ1v) is 8.76. The number of rotatable bonds is 3. The molecule has 0 unspecified atom stereocenters. The summed E-state index contributed by atoms with van der Waals surface area (Å²) in [7, 11) is -3.83. The highest BCUT2D eigenvalue weighted by Crippen LogP contribution is 2.45. The summed E-state index contributed by atoms with van der Waals surface area (Å²) in [6.45, 7) is 1.03. The molecule has 2 aromatic carbocycles. The molecule has 0 atom stereocenters. The predicted molar refractivity (Wildman–Crippen MR) is 82.0 cm³/mol. The van der Waals surface area contributed by atoms with Crippen LogP contribution in [0.25, 0.3) is 0 Å². The van der Waals surface area contributed by atoms with Gasteiger partial charge in [0.25, 0.3) is 10.0 Å². The quantitative estimate of drug-likeness (QED) is 0.936. The van der Waals surface area contributed by atoms with Crippen LogP contribution in [0.2, 0.25) is 0 Å². The molecule has 2 aromatic rings. The van der Waals surface area contributed by atoms with E-state index in [-0.39, 0.29) is 4.90 Å². The molecule has 0 fully saturated rings. The van der Waals surface area contributed by atoms with E-state index >= 15 is 0 Å². The van der Waals surface area contributed by atoms with Crippen LogP contribution in [0.5, 0.6) is 11.5 Å². The van der Waals surface area contributed by atoms with Crippen molar-refractivity contribution in [3.63, 3.8) is 0 Å². The molecular weight excluding hydrogens is 321 g/mol. The maximum Gasteiger partial charge on any atom is 0.262 e. The van der Waals surface area contributed by atoms with Gasteiger partial charge in [-0.15, -0.1) is 0 Å². The molecule has 23 heavy (non-hydrogen) atoms. The fourth-order valence-corrected chi connectivity index (χ4v) is 4.00. The van der Waals surface area contributed by atoms with Crippen LogP contribution in [0.15, 0.2) is 35.2 Å². The van der Waals surface area contributed by atoms with E-state index in [1.807, 2.05) is 6.07 Å². The van der Waals surface area contributed by atoms with Crippen molar-refractivity contribution in [3.05, 3.63) is 47.3 Å². The minimum Gasteiger partial charge on any atom is -0.493 e. The Hall–Kier alpha value is -2.28. The van der Waals surface area contributed by atoms with Gasteiger partial charge in [0, 0.05) is 24.0 Å². The van der Waals surface area contributed by atoms with Crippen LogP contribution in [0.4, 0.5) is 10.1 Å². The van der Waals surface area contributed by atoms with Gasteiger partial charge < -0.3 is 9.47 Å². The van der Waals surface area contributed by atoms with E-state index in [4.69, 9.17) is 9.47 Å². The Bertz CT molecular complexity index is 846. The van der Waals surface area contributed by atoms with Crippen LogP contribution in [-0.2, 0) is 22.9 Å². The number of ether oxygens (including phenoxy) is 2. The van der Waals surface area contributed by atoms with Gasteiger partial charge >= 0.3 is 0 Å². The van der Waals surface area contributed by atoms with Crippen molar-refractivity contribution in [3.8, 4) is 11.5 Å². The Morgan fingerprint density at radius 2 is 1.78 bits per heavy atom. The molecule has 1 N–H and O–H groups in total.